The van der Waals surface area contributed by atoms with Crippen molar-refractivity contribution in [1.82, 2.24) is 10.6 Å². The molecule has 2 N–H and O–H groups in total. The molecule has 2 bridgehead atoms. The number of fused-ring (bicyclic) bond motifs is 2. The van der Waals surface area contributed by atoms with Gasteiger partial charge in [-0.2, -0.15) is 0 Å². The van der Waals surface area contributed by atoms with Gasteiger partial charge >= 0.3 is 0 Å². The predicted octanol–water partition coefficient (Wildman–Crippen LogP) is 1.70. The van der Waals surface area contributed by atoms with Gasteiger partial charge in [0.2, 0.25) is 11.8 Å². The average Bonchev–Trinajstić information content (AvgIpc) is 2.85. The van der Waals surface area contributed by atoms with Crippen LogP contribution >= 0.6 is 0 Å². The van der Waals surface area contributed by atoms with E-state index in [1.165, 1.54) is 0 Å². The quantitative estimate of drug-likeness (QED) is 0.813. The van der Waals surface area contributed by atoms with Gasteiger partial charge in [-0.05, 0) is 58.8 Å². The van der Waals surface area contributed by atoms with E-state index < -0.39 is 0 Å². The number of carbonyl (C=O) groups excluding carboxylic acids is 2. The molecular formula is C15H26N2O2. The monoisotopic (exact) mass is 266 g/mol. The Morgan fingerprint density at radius 3 is 1.53 bits per heavy atom. The molecule has 2 rings (SSSR count). The first-order valence-electron chi connectivity index (χ1n) is 7.51. The number of hydrogen-bond acceptors (Lipinski definition) is 2. The molecule has 0 radical (unpaired) electrons. The Bertz CT molecular complexity index is 331. The lowest BCUT2D eigenvalue weighted by molar-refractivity contribution is -0.137. The second-order valence-electron chi connectivity index (χ2n) is 6.71. The summed E-state index contributed by atoms with van der Waals surface area (Å²) in [5, 5.41) is 5.98. The summed E-state index contributed by atoms with van der Waals surface area (Å²) in [7, 11) is 0. The normalized spacial score (nSPS) is 32.9. The minimum absolute atomic E-state index is 0.0751. The zero-order valence-electron chi connectivity index (χ0n) is 12.4. The van der Waals surface area contributed by atoms with Crippen molar-refractivity contribution >= 4 is 11.8 Å². The van der Waals surface area contributed by atoms with E-state index in [1.807, 2.05) is 27.7 Å². The van der Waals surface area contributed by atoms with E-state index in [0.29, 0.717) is 11.8 Å². The minimum atomic E-state index is -0.111. The van der Waals surface area contributed by atoms with Gasteiger partial charge in [0.15, 0.2) is 0 Å². The van der Waals surface area contributed by atoms with Crippen molar-refractivity contribution in [2.75, 3.05) is 0 Å². The van der Waals surface area contributed by atoms with E-state index in [-0.39, 0.29) is 35.7 Å². The van der Waals surface area contributed by atoms with Crippen molar-refractivity contribution in [3.63, 3.8) is 0 Å². The number of nitrogens with one attached hydrogen (secondary N) is 2. The summed E-state index contributed by atoms with van der Waals surface area (Å²) in [6.07, 6.45) is 3.25. The maximum Gasteiger partial charge on any atom is 0.224 e. The summed E-state index contributed by atoms with van der Waals surface area (Å²) in [5.74, 6) is 0.746. The van der Waals surface area contributed by atoms with E-state index in [9.17, 15) is 9.59 Å². The summed E-state index contributed by atoms with van der Waals surface area (Å²) in [5.41, 5.74) is 0. The predicted molar refractivity (Wildman–Crippen MR) is 74.4 cm³/mol. The Balaban J connectivity index is 2.10. The highest BCUT2D eigenvalue weighted by atomic mass is 16.2. The van der Waals surface area contributed by atoms with Crippen LogP contribution in [0.3, 0.4) is 0 Å². The standard InChI is InChI=1S/C15H26N2O2/c1-8(2)16-14(18)12-10-5-6-11(7-10)13(12)15(19)17-9(3)4/h8-13H,5-7H2,1-4H3,(H,16,18)(H,17,19)/t10-,11-,12-,13+/m0/s1. The van der Waals surface area contributed by atoms with Gasteiger partial charge < -0.3 is 10.6 Å². The second kappa shape index (κ2) is 5.51. The van der Waals surface area contributed by atoms with Gasteiger partial charge in [0.05, 0.1) is 11.8 Å². The largest absolute Gasteiger partial charge is 0.354 e. The number of rotatable bonds is 4. The van der Waals surface area contributed by atoms with Crippen molar-refractivity contribution in [2.45, 2.75) is 59.0 Å². The lowest BCUT2D eigenvalue weighted by Crippen LogP contribution is -2.47. The van der Waals surface area contributed by atoms with Gasteiger partial charge in [-0.15, -0.1) is 0 Å². The molecule has 4 nitrogen and oxygen atoms in total. The zero-order valence-corrected chi connectivity index (χ0v) is 12.4. The summed E-state index contributed by atoms with van der Waals surface area (Å²) >= 11 is 0. The Morgan fingerprint density at radius 2 is 1.21 bits per heavy atom. The van der Waals surface area contributed by atoms with Crippen molar-refractivity contribution < 1.29 is 9.59 Å². The lowest BCUT2D eigenvalue weighted by atomic mass is 9.78. The first kappa shape index (κ1) is 14.4. The SMILES string of the molecule is CC(C)NC(=O)[C@@H]1[C@H]2CC[C@@H](C2)[C@@H]1C(=O)NC(C)C. The first-order valence-corrected chi connectivity index (χ1v) is 7.51. The number of hydrogen-bond donors (Lipinski definition) is 2. The fraction of sp³-hybridized carbons (Fsp3) is 0.867. The van der Waals surface area contributed by atoms with Crippen LogP contribution in [0.2, 0.25) is 0 Å². The van der Waals surface area contributed by atoms with Crippen LogP contribution in [-0.4, -0.2) is 23.9 Å². The summed E-state index contributed by atoms with van der Waals surface area (Å²) in [6.45, 7) is 7.87. The van der Waals surface area contributed by atoms with Crippen molar-refractivity contribution in [3.05, 3.63) is 0 Å². The van der Waals surface area contributed by atoms with Gasteiger partial charge in [0.25, 0.3) is 0 Å². The van der Waals surface area contributed by atoms with Crippen LogP contribution in [0, 0.1) is 23.7 Å². The van der Waals surface area contributed by atoms with Gasteiger partial charge in [-0.25, -0.2) is 0 Å². The van der Waals surface area contributed by atoms with E-state index in [2.05, 4.69) is 10.6 Å². The highest BCUT2D eigenvalue weighted by Gasteiger charge is 2.53. The molecule has 2 saturated carbocycles. The molecule has 0 unspecified atom stereocenters. The molecule has 108 valence electrons. The Hall–Kier alpha value is -1.06. The van der Waals surface area contributed by atoms with Crippen molar-refractivity contribution in [1.29, 1.82) is 0 Å². The van der Waals surface area contributed by atoms with E-state index in [4.69, 9.17) is 0 Å². The van der Waals surface area contributed by atoms with Crippen LogP contribution in [0.1, 0.15) is 47.0 Å². The maximum absolute atomic E-state index is 12.4. The van der Waals surface area contributed by atoms with Crippen LogP contribution < -0.4 is 10.6 Å². The fourth-order valence-electron chi connectivity index (χ4n) is 3.81. The van der Waals surface area contributed by atoms with Crippen LogP contribution in [-0.2, 0) is 9.59 Å². The molecule has 4 heteroatoms. The van der Waals surface area contributed by atoms with Crippen LogP contribution in [0.5, 0.6) is 0 Å². The minimum Gasteiger partial charge on any atom is -0.354 e. The molecule has 0 spiro atoms. The van der Waals surface area contributed by atoms with Gasteiger partial charge in [-0.1, -0.05) is 0 Å². The van der Waals surface area contributed by atoms with E-state index in [1.54, 1.807) is 0 Å². The molecule has 4 atom stereocenters. The summed E-state index contributed by atoms with van der Waals surface area (Å²) in [4.78, 5) is 24.7. The zero-order chi connectivity index (χ0) is 14.2. The van der Waals surface area contributed by atoms with Crippen molar-refractivity contribution in [2.24, 2.45) is 23.7 Å². The molecule has 2 aliphatic rings. The molecule has 19 heavy (non-hydrogen) atoms. The van der Waals surface area contributed by atoms with Crippen LogP contribution in [0.4, 0.5) is 0 Å². The number of amides is 2. The fourth-order valence-corrected chi connectivity index (χ4v) is 3.81. The lowest BCUT2D eigenvalue weighted by Gasteiger charge is -2.30. The molecular weight excluding hydrogens is 240 g/mol. The molecule has 0 aromatic heterocycles. The first-order chi connectivity index (χ1) is 8.90. The Kier molecular flexibility index (Phi) is 4.16. The summed E-state index contributed by atoms with van der Waals surface area (Å²) in [6, 6.07) is 0.279. The summed E-state index contributed by atoms with van der Waals surface area (Å²) < 4.78 is 0. The van der Waals surface area contributed by atoms with Crippen LogP contribution in [0.15, 0.2) is 0 Å². The maximum atomic E-state index is 12.4. The third-order valence-corrected chi connectivity index (χ3v) is 4.38. The Morgan fingerprint density at radius 1 is 0.842 bits per heavy atom. The van der Waals surface area contributed by atoms with Gasteiger partial charge in [0.1, 0.15) is 0 Å². The van der Waals surface area contributed by atoms with Crippen LogP contribution in [0.25, 0.3) is 0 Å². The van der Waals surface area contributed by atoms with Gasteiger partial charge in [-0.3, -0.25) is 9.59 Å². The molecule has 2 aliphatic carbocycles. The van der Waals surface area contributed by atoms with Gasteiger partial charge in [0, 0.05) is 12.1 Å². The van der Waals surface area contributed by atoms with E-state index in [0.717, 1.165) is 19.3 Å². The average molecular weight is 266 g/mol. The smallest absolute Gasteiger partial charge is 0.224 e. The highest BCUT2D eigenvalue weighted by molar-refractivity contribution is 5.89. The molecule has 2 amide bonds. The van der Waals surface area contributed by atoms with E-state index >= 15 is 0 Å². The van der Waals surface area contributed by atoms with Crippen molar-refractivity contribution in [3.8, 4) is 0 Å². The third-order valence-electron chi connectivity index (χ3n) is 4.38. The molecule has 2 fully saturated rings. The molecule has 0 aromatic rings. The second-order valence-corrected chi connectivity index (χ2v) is 6.71. The molecule has 0 heterocycles. The molecule has 0 saturated heterocycles. The molecule has 0 aromatic carbocycles. The Labute approximate surface area is 115 Å². The molecule has 0 aliphatic heterocycles. The topological polar surface area (TPSA) is 58.2 Å². The highest BCUT2D eigenvalue weighted by Crippen LogP contribution is 2.52. The number of carbonyl (C=O) groups is 2. The third kappa shape index (κ3) is 2.93.